The van der Waals surface area contributed by atoms with Gasteiger partial charge in [-0.1, -0.05) is 152 Å². The van der Waals surface area contributed by atoms with Crippen LogP contribution in [0.15, 0.2) is 194 Å². The lowest BCUT2D eigenvalue weighted by Crippen LogP contribution is -1.97. The van der Waals surface area contributed by atoms with Crippen LogP contribution >= 0.6 is 11.3 Å². The van der Waals surface area contributed by atoms with Crippen LogP contribution < -0.4 is 0 Å². The highest BCUT2D eigenvalue weighted by atomic mass is 32.1. The normalized spacial score (nSPS) is 11.4. The van der Waals surface area contributed by atoms with Crippen molar-refractivity contribution < 1.29 is 0 Å². The van der Waals surface area contributed by atoms with Crippen LogP contribution in [0.1, 0.15) is 0 Å². The lowest BCUT2D eigenvalue weighted by atomic mass is 9.93. The molecule has 0 bridgehead atoms. The van der Waals surface area contributed by atoms with E-state index in [4.69, 9.17) is 9.97 Å². The Labute approximate surface area is 312 Å². The maximum absolute atomic E-state index is 5.28. The predicted molar refractivity (Wildman–Crippen MR) is 225 cm³/mol. The van der Waals surface area contributed by atoms with Gasteiger partial charge in [0.1, 0.15) is 0 Å². The van der Waals surface area contributed by atoms with Gasteiger partial charge in [-0.25, -0.2) is 9.97 Å². The third kappa shape index (κ3) is 5.87. The van der Waals surface area contributed by atoms with Gasteiger partial charge in [0.25, 0.3) is 0 Å². The van der Waals surface area contributed by atoms with E-state index in [1.807, 2.05) is 29.5 Å². The Morgan fingerprint density at radius 2 is 0.906 bits per heavy atom. The highest BCUT2D eigenvalue weighted by Gasteiger charge is 2.17. The van der Waals surface area contributed by atoms with E-state index < -0.39 is 0 Å². The van der Waals surface area contributed by atoms with E-state index in [2.05, 4.69) is 176 Å². The topological polar surface area (TPSA) is 25.8 Å². The summed E-state index contributed by atoms with van der Waals surface area (Å²) in [5.41, 5.74) is 11.8. The molecule has 0 atom stereocenters. The molecule has 0 aliphatic rings. The van der Waals surface area contributed by atoms with Crippen molar-refractivity contribution in [1.82, 2.24) is 9.97 Å². The Balaban J connectivity index is 1.18. The molecule has 2 aromatic heterocycles. The van der Waals surface area contributed by atoms with E-state index in [-0.39, 0.29) is 0 Å². The van der Waals surface area contributed by atoms with Gasteiger partial charge < -0.3 is 0 Å². The molecule has 2 nitrogen and oxygen atoms in total. The van der Waals surface area contributed by atoms with E-state index in [0.717, 1.165) is 55.9 Å². The van der Waals surface area contributed by atoms with Gasteiger partial charge in [-0.15, -0.1) is 11.3 Å². The Morgan fingerprint density at radius 1 is 0.302 bits per heavy atom. The molecule has 0 aliphatic carbocycles. The number of aromatic nitrogens is 2. The summed E-state index contributed by atoms with van der Waals surface area (Å²) < 4.78 is 2.60. The quantitative estimate of drug-likeness (QED) is 0.173. The zero-order valence-electron chi connectivity index (χ0n) is 28.8. The smallest absolute Gasteiger partial charge is 0.160 e. The van der Waals surface area contributed by atoms with Crippen molar-refractivity contribution >= 4 is 42.3 Å². The monoisotopic (exact) mass is 692 g/mol. The number of benzene rings is 8. The molecule has 10 aromatic rings. The minimum absolute atomic E-state index is 0.699. The van der Waals surface area contributed by atoms with Crippen molar-refractivity contribution in [3.8, 4) is 67.3 Å². The summed E-state index contributed by atoms with van der Waals surface area (Å²) in [4.78, 5) is 10.5. The average Bonchev–Trinajstić information content (AvgIpc) is 3.62. The largest absolute Gasteiger partial charge is 0.228 e. The van der Waals surface area contributed by atoms with Crippen LogP contribution in [0, 0.1) is 0 Å². The lowest BCUT2D eigenvalue weighted by molar-refractivity contribution is 1.18. The van der Waals surface area contributed by atoms with E-state index in [0.29, 0.717) is 5.82 Å². The van der Waals surface area contributed by atoms with Crippen LogP contribution in [-0.4, -0.2) is 9.97 Å². The first-order valence-electron chi connectivity index (χ1n) is 17.9. The van der Waals surface area contributed by atoms with E-state index in [9.17, 15) is 0 Å². The SMILES string of the molecule is c1ccc(-c2cc(-c3ccc4c(c3)sc3ccccc34)cc(-c3cc(-c4ccccc4-c4ccc5ccccc5c4)nc(-c4ccccc4)n3)c2)cc1. The predicted octanol–water partition coefficient (Wildman–Crippen LogP) is 14.0. The molecular formula is C50H32N2S. The van der Waals surface area contributed by atoms with Crippen LogP contribution in [0.4, 0.5) is 0 Å². The molecule has 0 saturated heterocycles. The molecule has 0 unspecified atom stereocenters. The molecule has 0 saturated carbocycles. The molecule has 0 radical (unpaired) electrons. The molecule has 2 heterocycles. The van der Waals surface area contributed by atoms with Crippen molar-refractivity contribution in [2.24, 2.45) is 0 Å². The molecular weight excluding hydrogens is 661 g/mol. The Kier molecular flexibility index (Phi) is 7.71. The van der Waals surface area contributed by atoms with Gasteiger partial charge >= 0.3 is 0 Å². The van der Waals surface area contributed by atoms with Gasteiger partial charge in [-0.05, 0) is 86.6 Å². The van der Waals surface area contributed by atoms with Gasteiger partial charge in [0.2, 0.25) is 0 Å². The van der Waals surface area contributed by atoms with Crippen molar-refractivity contribution in [2.45, 2.75) is 0 Å². The number of rotatable bonds is 6. The fraction of sp³-hybridized carbons (Fsp3) is 0. The number of hydrogen-bond donors (Lipinski definition) is 0. The molecule has 248 valence electrons. The summed E-state index contributed by atoms with van der Waals surface area (Å²) in [6.07, 6.45) is 0. The van der Waals surface area contributed by atoms with Gasteiger partial charge in [0.15, 0.2) is 5.82 Å². The molecule has 10 rings (SSSR count). The summed E-state index contributed by atoms with van der Waals surface area (Å²) in [5.74, 6) is 0.699. The van der Waals surface area contributed by atoms with Crippen molar-refractivity contribution in [1.29, 1.82) is 0 Å². The summed E-state index contributed by atoms with van der Waals surface area (Å²) in [6.45, 7) is 0. The molecule has 0 aliphatic heterocycles. The van der Waals surface area contributed by atoms with E-state index in [1.54, 1.807) is 0 Å². The first kappa shape index (κ1) is 31.1. The molecule has 0 amide bonds. The second-order valence-electron chi connectivity index (χ2n) is 13.4. The van der Waals surface area contributed by atoms with Crippen LogP contribution in [0.25, 0.3) is 98.2 Å². The number of nitrogens with zero attached hydrogens (tertiary/aromatic N) is 2. The molecule has 53 heavy (non-hydrogen) atoms. The Hall–Kier alpha value is -6.68. The first-order valence-corrected chi connectivity index (χ1v) is 18.7. The molecule has 3 heteroatoms. The maximum atomic E-state index is 5.28. The Morgan fingerprint density at radius 3 is 1.74 bits per heavy atom. The lowest BCUT2D eigenvalue weighted by Gasteiger charge is -2.15. The molecule has 8 aromatic carbocycles. The van der Waals surface area contributed by atoms with Gasteiger partial charge in [-0.2, -0.15) is 0 Å². The summed E-state index contributed by atoms with van der Waals surface area (Å²) >= 11 is 1.85. The minimum atomic E-state index is 0.699. The third-order valence-corrected chi connectivity index (χ3v) is 11.2. The van der Waals surface area contributed by atoms with Gasteiger partial charge in [-0.3, -0.25) is 0 Å². The standard InChI is InChI=1S/C50H32N2S/c1-3-13-33(14-4-1)39-28-40(37-25-26-45-44-21-11-12-22-48(44)53-49(45)31-37)30-41(29-39)46-32-47(52-50(51-46)35-16-5-2-6-17-35)43-20-10-9-19-42(43)38-24-23-34-15-7-8-18-36(34)27-38/h1-32H. The van der Waals surface area contributed by atoms with Crippen molar-refractivity contribution in [3.63, 3.8) is 0 Å². The number of thiophene rings is 1. The highest BCUT2D eigenvalue weighted by Crippen LogP contribution is 2.40. The zero-order valence-corrected chi connectivity index (χ0v) is 29.6. The summed E-state index contributed by atoms with van der Waals surface area (Å²) in [5, 5.41) is 5.05. The van der Waals surface area contributed by atoms with Crippen LogP contribution in [-0.2, 0) is 0 Å². The van der Waals surface area contributed by atoms with Gasteiger partial charge in [0, 0.05) is 36.9 Å². The number of fused-ring (bicyclic) bond motifs is 4. The highest BCUT2D eigenvalue weighted by molar-refractivity contribution is 7.25. The minimum Gasteiger partial charge on any atom is -0.228 e. The molecule has 0 N–H and O–H groups in total. The second kappa shape index (κ2) is 13.1. The maximum Gasteiger partial charge on any atom is 0.160 e. The van der Waals surface area contributed by atoms with E-state index in [1.165, 1.54) is 36.5 Å². The zero-order chi connectivity index (χ0) is 35.1. The molecule has 0 fully saturated rings. The fourth-order valence-corrected chi connectivity index (χ4v) is 8.55. The van der Waals surface area contributed by atoms with Crippen LogP contribution in [0.3, 0.4) is 0 Å². The van der Waals surface area contributed by atoms with Gasteiger partial charge in [0.05, 0.1) is 11.4 Å². The molecule has 0 spiro atoms. The third-order valence-electron chi connectivity index (χ3n) is 10.1. The summed E-state index contributed by atoms with van der Waals surface area (Å²) in [6, 6.07) is 69.3. The van der Waals surface area contributed by atoms with E-state index >= 15 is 0 Å². The fourth-order valence-electron chi connectivity index (χ4n) is 7.41. The van der Waals surface area contributed by atoms with Crippen LogP contribution in [0.5, 0.6) is 0 Å². The average molecular weight is 693 g/mol. The van der Waals surface area contributed by atoms with Crippen molar-refractivity contribution in [3.05, 3.63) is 194 Å². The van der Waals surface area contributed by atoms with Crippen LogP contribution in [0.2, 0.25) is 0 Å². The Bertz CT molecular complexity index is 2950. The first-order chi connectivity index (χ1) is 26.2. The summed E-state index contributed by atoms with van der Waals surface area (Å²) in [7, 11) is 0. The number of hydrogen-bond acceptors (Lipinski definition) is 3. The van der Waals surface area contributed by atoms with Crippen molar-refractivity contribution in [2.75, 3.05) is 0 Å². The second-order valence-corrected chi connectivity index (χ2v) is 14.5.